The zero-order chi connectivity index (χ0) is 13.1. The number of anilines is 1. The third-order valence-electron chi connectivity index (χ3n) is 3.13. The summed E-state index contributed by atoms with van der Waals surface area (Å²) < 4.78 is 0. The molecule has 4 heteroatoms. The molecule has 4 nitrogen and oxygen atoms in total. The van der Waals surface area contributed by atoms with Gasteiger partial charge in [-0.15, -0.1) is 0 Å². The monoisotopic (exact) mass is 243 g/mol. The zero-order valence-electron chi connectivity index (χ0n) is 10.9. The summed E-state index contributed by atoms with van der Waals surface area (Å²) in [7, 11) is 1.79. The van der Waals surface area contributed by atoms with Crippen LogP contribution in [0.2, 0.25) is 0 Å². The first-order chi connectivity index (χ1) is 8.59. The first-order valence-electron chi connectivity index (χ1n) is 5.91. The lowest BCUT2D eigenvalue weighted by Gasteiger charge is -2.17. The lowest BCUT2D eigenvalue weighted by Crippen LogP contribution is -2.28. The average molecular weight is 243 g/mol. The van der Waals surface area contributed by atoms with Crippen LogP contribution in [0.25, 0.3) is 0 Å². The van der Waals surface area contributed by atoms with Crippen LogP contribution in [0, 0.1) is 13.8 Å². The second kappa shape index (κ2) is 5.04. The van der Waals surface area contributed by atoms with Crippen molar-refractivity contribution in [3.05, 3.63) is 47.3 Å². The van der Waals surface area contributed by atoms with Crippen LogP contribution >= 0.6 is 0 Å². The highest BCUT2D eigenvalue weighted by Crippen LogP contribution is 2.15. The van der Waals surface area contributed by atoms with Crippen molar-refractivity contribution in [1.29, 1.82) is 0 Å². The van der Waals surface area contributed by atoms with E-state index in [0.29, 0.717) is 6.42 Å². The molecule has 0 fully saturated rings. The Morgan fingerprint density at radius 3 is 2.50 bits per heavy atom. The number of hydrogen-bond donors (Lipinski definition) is 1. The van der Waals surface area contributed by atoms with Gasteiger partial charge in [0.15, 0.2) is 0 Å². The number of aryl methyl sites for hydroxylation is 2. The van der Waals surface area contributed by atoms with Gasteiger partial charge in [-0.05, 0) is 26.0 Å². The van der Waals surface area contributed by atoms with E-state index in [4.69, 9.17) is 0 Å². The number of carbonyl (C=O) groups is 1. The van der Waals surface area contributed by atoms with Crippen molar-refractivity contribution in [1.82, 2.24) is 10.2 Å². The first kappa shape index (κ1) is 12.4. The second-order valence-corrected chi connectivity index (χ2v) is 4.38. The summed E-state index contributed by atoms with van der Waals surface area (Å²) in [6.45, 7) is 3.85. The van der Waals surface area contributed by atoms with Gasteiger partial charge in [-0.25, -0.2) is 0 Å². The Kier molecular flexibility index (Phi) is 3.46. The average Bonchev–Trinajstić information content (AvgIpc) is 2.70. The van der Waals surface area contributed by atoms with Crippen LogP contribution in [-0.4, -0.2) is 23.2 Å². The molecule has 0 spiro atoms. The molecule has 0 aliphatic heterocycles. The number of hydrogen-bond acceptors (Lipinski definition) is 2. The van der Waals surface area contributed by atoms with Gasteiger partial charge in [-0.1, -0.05) is 18.2 Å². The number of carbonyl (C=O) groups excluding carboxylic acids is 1. The Hall–Kier alpha value is -2.10. The summed E-state index contributed by atoms with van der Waals surface area (Å²) in [5.74, 6) is 0.0637. The van der Waals surface area contributed by atoms with E-state index < -0.39 is 0 Å². The number of aromatic amines is 1. The van der Waals surface area contributed by atoms with E-state index in [1.54, 1.807) is 11.9 Å². The number of amides is 1. The molecule has 1 aromatic heterocycles. The lowest BCUT2D eigenvalue weighted by molar-refractivity contribution is -0.117. The van der Waals surface area contributed by atoms with Gasteiger partial charge in [-0.3, -0.25) is 9.89 Å². The minimum atomic E-state index is 0.0637. The number of likely N-dealkylation sites (N-methyl/N-ethyl adjacent to an activating group) is 1. The van der Waals surface area contributed by atoms with Crippen molar-refractivity contribution in [3.63, 3.8) is 0 Å². The third-order valence-corrected chi connectivity index (χ3v) is 3.13. The first-order valence-corrected chi connectivity index (χ1v) is 5.91. The van der Waals surface area contributed by atoms with Crippen LogP contribution in [-0.2, 0) is 11.2 Å². The summed E-state index contributed by atoms with van der Waals surface area (Å²) in [6, 6.07) is 9.63. The van der Waals surface area contributed by atoms with E-state index in [9.17, 15) is 4.79 Å². The van der Waals surface area contributed by atoms with Crippen LogP contribution in [0.4, 0.5) is 5.69 Å². The molecule has 1 aromatic carbocycles. The van der Waals surface area contributed by atoms with Gasteiger partial charge in [0.1, 0.15) is 0 Å². The van der Waals surface area contributed by atoms with Gasteiger partial charge >= 0.3 is 0 Å². The Morgan fingerprint density at radius 1 is 1.28 bits per heavy atom. The van der Waals surface area contributed by atoms with Crippen molar-refractivity contribution < 1.29 is 4.79 Å². The summed E-state index contributed by atoms with van der Waals surface area (Å²) in [5, 5.41) is 7.01. The third kappa shape index (κ3) is 2.42. The fourth-order valence-electron chi connectivity index (χ4n) is 1.90. The molecule has 0 atom stereocenters. The van der Waals surface area contributed by atoms with Crippen LogP contribution in [0.3, 0.4) is 0 Å². The number of rotatable bonds is 3. The van der Waals surface area contributed by atoms with Gasteiger partial charge in [0.2, 0.25) is 5.91 Å². The number of nitrogens with zero attached hydrogens (tertiary/aromatic N) is 2. The van der Waals surface area contributed by atoms with E-state index in [1.165, 1.54) is 0 Å². The minimum absolute atomic E-state index is 0.0637. The molecule has 0 aliphatic rings. The van der Waals surface area contributed by atoms with Crippen molar-refractivity contribution >= 4 is 11.6 Å². The highest BCUT2D eigenvalue weighted by molar-refractivity contribution is 5.94. The molecule has 0 bridgehead atoms. The molecule has 1 amide bonds. The van der Waals surface area contributed by atoms with Crippen LogP contribution in [0.15, 0.2) is 30.3 Å². The van der Waals surface area contributed by atoms with Crippen LogP contribution < -0.4 is 4.90 Å². The molecule has 2 aromatic rings. The Bertz CT molecular complexity index is 526. The molecule has 0 saturated heterocycles. The number of para-hydroxylation sites is 1. The Labute approximate surface area is 107 Å². The van der Waals surface area contributed by atoms with E-state index in [1.807, 2.05) is 44.2 Å². The molecule has 0 radical (unpaired) electrons. The number of aromatic nitrogens is 2. The maximum atomic E-state index is 12.2. The zero-order valence-corrected chi connectivity index (χ0v) is 10.9. The van der Waals surface area contributed by atoms with Gasteiger partial charge in [0.05, 0.1) is 12.1 Å². The molecule has 18 heavy (non-hydrogen) atoms. The van der Waals surface area contributed by atoms with Crippen molar-refractivity contribution in [2.45, 2.75) is 20.3 Å². The second-order valence-electron chi connectivity index (χ2n) is 4.38. The highest BCUT2D eigenvalue weighted by Gasteiger charge is 2.15. The summed E-state index contributed by atoms with van der Waals surface area (Å²) >= 11 is 0. The maximum Gasteiger partial charge on any atom is 0.231 e. The molecule has 1 heterocycles. The fraction of sp³-hybridized carbons (Fsp3) is 0.286. The quantitative estimate of drug-likeness (QED) is 0.898. The molecule has 0 aliphatic carbocycles. The standard InChI is InChI=1S/C14H17N3O/c1-10-13(11(2)16-15-10)9-14(18)17(3)12-7-5-4-6-8-12/h4-8H,9H2,1-3H3,(H,15,16). The van der Waals surface area contributed by atoms with Crippen LogP contribution in [0.5, 0.6) is 0 Å². The summed E-state index contributed by atoms with van der Waals surface area (Å²) in [6.07, 6.45) is 0.375. The van der Waals surface area contributed by atoms with Gasteiger partial charge in [-0.2, -0.15) is 5.10 Å². The Morgan fingerprint density at radius 2 is 1.94 bits per heavy atom. The highest BCUT2D eigenvalue weighted by atomic mass is 16.2. The molecule has 0 saturated carbocycles. The number of nitrogens with one attached hydrogen (secondary N) is 1. The number of H-pyrrole nitrogens is 1. The minimum Gasteiger partial charge on any atom is -0.315 e. The van der Waals surface area contributed by atoms with E-state index in [2.05, 4.69) is 10.2 Å². The fourth-order valence-corrected chi connectivity index (χ4v) is 1.90. The molecule has 1 N–H and O–H groups in total. The molecule has 94 valence electrons. The van der Waals surface area contributed by atoms with Gasteiger partial charge in [0, 0.05) is 24.0 Å². The van der Waals surface area contributed by atoms with Gasteiger partial charge < -0.3 is 4.90 Å². The largest absolute Gasteiger partial charge is 0.315 e. The van der Waals surface area contributed by atoms with Gasteiger partial charge in [0.25, 0.3) is 0 Å². The van der Waals surface area contributed by atoms with E-state index >= 15 is 0 Å². The predicted molar refractivity (Wildman–Crippen MR) is 71.6 cm³/mol. The number of benzene rings is 1. The van der Waals surface area contributed by atoms with Crippen LogP contribution in [0.1, 0.15) is 17.0 Å². The van der Waals surface area contributed by atoms with Crippen molar-refractivity contribution in [2.24, 2.45) is 0 Å². The van der Waals surface area contributed by atoms with Crippen molar-refractivity contribution in [3.8, 4) is 0 Å². The van der Waals surface area contributed by atoms with Crippen molar-refractivity contribution in [2.75, 3.05) is 11.9 Å². The topological polar surface area (TPSA) is 49.0 Å². The molecular weight excluding hydrogens is 226 g/mol. The summed E-state index contributed by atoms with van der Waals surface area (Å²) in [5.41, 5.74) is 3.74. The molecular formula is C14H17N3O. The lowest BCUT2D eigenvalue weighted by atomic mass is 10.1. The molecule has 0 unspecified atom stereocenters. The molecule has 2 rings (SSSR count). The maximum absolute atomic E-state index is 12.2. The smallest absolute Gasteiger partial charge is 0.231 e. The van der Waals surface area contributed by atoms with E-state index in [-0.39, 0.29) is 5.91 Å². The normalized spacial score (nSPS) is 10.4. The SMILES string of the molecule is Cc1n[nH]c(C)c1CC(=O)N(C)c1ccccc1. The van der Waals surface area contributed by atoms with E-state index in [0.717, 1.165) is 22.6 Å². The summed E-state index contributed by atoms with van der Waals surface area (Å²) in [4.78, 5) is 13.9. The predicted octanol–water partition coefficient (Wildman–Crippen LogP) is 2.23. The Balaban J connectivity index is 2.14.